The molecule has 22 heavy (non-hydrogen) atoms. The zero-order valence-electron chi connectivity index (χ0n) is 11.3. The highest BCUT2D eigenvalue weighted by Gasteiger charge is 2.30. The van der Waals surface area contributed by atoms with E-state index in [1.54, 1.807) is 4.90 Å². The molecule has 1 aliphatic heterocycles. The fourth-order valence-electron chi connectivity index (χ4n) is 1.89. The normalized spacial score (nSPS) is 19.5. The number of alkyl halides is 3. The van der Waals surface area contributed by atoms with Crippen LogP contribution in [0.1, 0.15) is 0 Å². The second kappa shape index (κ2) is 6.69. The van der Waals surface area contributed by atoms with E-state index < -0.39 is 5.51 Å². The Morgan fingerprint density at radius 3 is 2.50 bits per heavy atom. The molecular weight excluding hydrogens is 335 g/mol. The van der Waals surface area contributed by atoms with E-state index in [1.165, 1.54) is 36.0 Å². The zero-order chi connectivity index (χ0) is 16.3. The van der Waals surface area contributed by atoms with Crippen molar-refractivity contribution in [3.63, 3.8) is 0 Å². The smallest absolute Gasteiger partial charge is 0.385 e. The van der Waals surface area contributed by atoms with Crippen LogP contribution >= 0.6 is 23.5 Å². The summed E-state index contributed by atoms with van der Waals surface area (Å²) < 4.78 is 36.8. The number of benzene rings is 1. The molecule has 1 atom stereocenters. The molecule has 0 amide bonds. The fraction of sp³-hybridized carbons (Fsp3) is 0.333. The summed E-state index contributed by atoms with van der Waals surface area (Å²) in [5.74, 6) is 0.973. The van der Waals surface area contributed by atoms with Crippen molar-refractivity contribution in [2.24, 2.45) is 16.5 Å². The number of guanidine groups is 1. The minimum atomic E-state index is -4.31. The predicted molar refractivity (Wildman–Crippen MR) is 84.5 cm³/mol. The second-order valence-corrected chi connectivity index (χ2v) is 6.71. The van der Waals surface area contributed by atoms with Crippen LogP contribution in [-0.2, 0) is 0 Å². The number of hydrogen-bond donors (Lipinski definition) is 3. The van der Waals surface area contributed by atoms with Crippen molar-refractivity contribution in [1.29, 1.82) is 5.41 Å². The third-order valence-corrected chi connectivity index (χ3v) is 4.75. The molecule has 0 saturated carbocycles. The molecule has 5 nitrogen and oxygen atoms in total. The first-order valence-electron chi connectivity index (χ1n) is 6.18. The van der Waals surface area contributed by atoms with Gasteiger partial charge in [0.1, 0.15) is 11.2 Å². The van der Waals surface area contributed by atoms with E-state index in [4.69, 9.17) is 16.9 Å². The number of halogens is 3. The molecule has 0 bridgehead atoms. The molecule has 1 fully saturated rings. The van der Waals surface area contributed by atoms with Crippen LogP contribution in [-0.4, -0.2) is 39.9 Å². The van der Waals surface area contributed by atoms with Crippen molar-refractivity contribution >= 4 is 41.0 Å². The van der Waals surface area contributed by atoms with E-state index in [-0.39, 0.29) is 33.8 Å². The molecular formula is C12H14F3N5S2. The van der Waals surface area contributed by atoms with Crippen molar-refractivity contribution in [2.45, 2.75) is 15.8 Å². The summed E-state index contributed by atoms with van der Waals surface area (Å²) in [4.78, 5) is 5.91. The summed E-state index contributed by atoms with van der Waals surface area (Å²) in [5, 5.41) is 7.16. The molecule has 1 unspecified atom stereocenters. The van der Waals surface area contributed by atoms with Crippen LogP contribution in [0.4, 0.5) is 18.9 Å². The number of hydrogen-bond acceptors (Lipinski definition) is 4. The van der Waals surface area contributed by atoms with Gasteiger partial charge >= 0.3 is 5.51 Å². The van der Waals surface area contributed by atoms with Crippen molar-refractivity contribution in [2.75, 3.05) is 12.3 Å². The van der Waals surface area contributed by atoms with Crippen molar-refractivity contribution in [3.8, 4) is 0 Å². The highest BCUT2D eigenvalue weighted by atomic mass is 32.2. The minimum Gasteiger partial charge on any atom is -0.385 e. The van der Waals surface area contributed by atoms with Gasteiger partial charge in [-0.2, -0.15) is 13.2 Å². The van der Waals surface area contributed by atoms with Gasteiger partial charge in [-0.25, -0.2) is 4.99 Å². The van der Waals surface area contributed by atoms with Crippen LogP contribution in [0.3, 0.4) is 0 Å². The number of nitrogens with zero attached hydrogens (tertiary/aromatic N) is 2. The van der Waals surface area contributed by atoms with Gasteiger partial charge in [0, 0.05) is 17.2 Å². The van der Waals surface area contributed by atoms with Crippen LogP contribution in [0.15, 0.2) is 34.2 Å². The monoisotopic (exact) mass is 349 g/mol. The zero-order valence-corrected chi connectivity index (χ0v) is 12.9. The molecule has 1 heterocycles. The van der Waals surface area contributed by atoms with Crippen LogP contribution in [0.2, 0.25) is 0 Å². The van der Waals surface area contributed by atoms with Crippen LogP contribution in [0.5, 0.6) is 0 Å². The number of nitrogens with one attached hydrogen (secondary N) is 1. The number of amidine groups is 1. The van der Waals surface area contributed by atoms with Crippen molar-refractivity contribution < 1.29 is 13.2 Å². The third kappa shape index (κ3) is 4.47. The van der Waals surface area contributed by atoms with Gasteiger partial charge in [0.05, 0.1) is 5.69 Å². The van der Waals surface area contributed by atoms with Crippen molar-refractivity contribution in [3.05, 3.63) is 24.3 Å². The second-order valence-electron chi connectivity index (χ2n) is 4.38. The molecule has 1 aromatic rings. The summed E-state index contributed by atoms with van der Waals surface area (Å²) in [5.41, 5.74) is 7.55. The fourth-order valence-corrected chi connectivity index (χ4v) is 3.58. The molecule has 0 spiro atoms. The average molecular weight is 349 g/mol. The van der Waals surface area contributed by atoms with Crippen LogP contribution in [0, 0.1) is 5.41 Å². The maximum atomic E-state index is 12.3. The Balaban J connectivity index is 2.10. The summed E-state index contributed by atoms with van der Waals surface area (Å²) >= 11 is 1.33. The van der Waals surface area contributed by atoms with Crippen molar-refractivity contribution in [1.82, 2.24) is 4.90 Å². The third-order valence-electron chi connectivity index (χ3n) is 2.78. The van der Waals surface area contributed by atoms with Gasteiger partial charge < -0.3 is 16.4 Å². The van der Waals surface area contributed by atoms with Gasteiger partial charge in [-0.3, -0.25) is 5.41 Å². The molecule has 120 valence electrons. The summed E-state index contributed by atoms with van der Waals surface area (Å²) in [6.45, 7) is 0.613. The van der Waals surface area contributed by atoms with E-state index in [2.05, 4.69) is 4.99 Å². The first kappa shape index (κ1) is 16.8. The molecule has 1 saturated heterocycles. The Bertz CT molecular complexity index is 573. The van der Waals surface area contributed by atoms with Gasteiger partial charge in [0.25, 0.3) is 0 Å². The molecule has 0 aliphatic carbocycles. The molecule has 1 aromatic carbocycles. The van der Waals surface area contributed by atoms with Gasteiger partial charge in [0.2, 0.25) is 0 Å². The summed E-state index contributed by atoms with van der Waals surface area (Å²) in [6, 6.07) is 5.63. The molecule has 10 heteroatoms. The minimum absolute atomic E-state index is 0.0786. The van der Waals surface area contributed by atoms with E-state index in [9.17, 15) is 13.2 Å². The topological polar surface area (TPSA) is 91.5 Å². The Hall–Kier alpha value is -1.55. The van der Waals surface area contributed by atoms with Gasteiger partial charge in [-0.05, 0) is 36.0 Å². The Labute approximate surface area is 133 Å². The van der Waals surface area contributed by atoms with Crippen LogP contribution in [0.25, 0.3) is 0 Å². The lowest BCUT2D eigenvalue weighted by Crippen LogP contribution is -2.45. The summed E-state index contributed by atoms with van der Waals surface area (Å²) in [6.07, 6.45) is 0. The number of thioether (sulfide) groups is 2. The predicted octanol–water partition coefficient (Wildman–Crippen LogP) is 2.56. The Kier molecular flexibility index (Phi) is 5.12. The van der Waals surface area contributed by atoms with E-state index in [0.29, 0.717) is 12.2 Å². The van der Waals surface area contributed by atoms with Gasteiger partial charge in [0.15, 0.2) is 5.96 Å². The van der Waals surface area contributed by atoms with E-state index in [0.717, 1.165) is 5.75 Å². The van der Waals surface area contributed by atoms with E-state index >= 15 is 0 Å². The molecule has 0 radical (unpaired) electrons. The number of rotatable bonds is 3. The van der Waals surface area contributed by atoms with E-state index in [1.807, 2.05) is 0 Å². The Morgan fingerprint density at radius 2 is 1.95 bits per heavy atom. The lowest BCUT2D eigenvalue weighted by atomic mass is 10.3. The first-order chi connectivity index (χ1) is 10.3. The van der Waals surface area contributed by atoms with Gasteiger partial charge in [-0.1, -0.05) is 0 Å². The SMILES string of the molecule is N=C(N)N1CCSC1C(N)=Nc1ccc(SC(F)(F)F)cc1. The summed E-state index contributed by atoms with van der Waals surface area (Å²) in [7, 11) is 0. The first-order valence-corrected chi connectivity index (χ1v) is 8.05. The highest BCUT2D eigenvalue weighted by Crippen LogP contribution is 2.37. The maximum absolute atomic E-state index is 12.3. The highest BCUT2D eigenvalue weighted by molar-refractivity contribution is 8.00. The number of nitrogens with two attached hydrogens (primary N) is 2. The lowest BCUT2D eigenvalue weighted by Gasteiger charge is -2.22. The molecule has 1 aliphatic rings. The number of aliphatic imine (C=N–C) groups is 1. The van der Waals surface area contributed by atoms with Crippen LogP contribution < -0.4 is 11.5 Å². The average Bonchev–Trinajstić information content (AvgIpc) is 2.89. The molecule has 5 N–H and O–H groups in total. The largest absolute Gasteiger partial charge is 0.446 e. The van der Waals surface area contributed by atoms with Gasteiger partial charge in [-0.15, -0.1) is 11.8 Å². The standard InChI is InChI=1S/C12H14F3N5S2/c13-12(14,15)22-8-3-1-7(2-4-8)19-9(16)10-20(11(17)18)5-6-21-10/h1-4,10H,5-6H2,(H2,16,19)(H3,17,18). The maximum Gasteiger partial charge on any atom is 0.446 e. The molecule has 0 aromatic heterocycles. The lowest BCUT2D eigenvalue weighted by molar-refractivity contribution is -0.0328. The Morgan fingerprint density at radius 1 is 1.32 bits per heavy atom. The quantitative estimate of drug-likeness (QED) is 0.443. The molecule has 2 rings (SSSR count).